The van der Waals surface area contributed by atoms with E-state index in [9.17, 15) is 5.26 Å². The summed E-state index contributed by atoms with van der Waals surface area (Å²) in [6.07, 6.45) is 5.20. The average molecular weight is 287 g/mol. The molecular weight excluding hydrogens is 262 g/mol. The molecule has 1 fully saturated rings. The van der Waals surface area contributed by atoms with Gasteiger partial charge in [0.05, 0.1) is 24.7 Å². The molecule has 0 heterocycles. The second-order valence-electron chi connectivity index (χ2n) is 5.89. The van der Waals surface area contributed by atoms with E-state index in [1.165, 1.54) is 12.8 Å². The van der Waals surface area contributed by atoms with Crippen LogP contribution in [0.1, 0.15) is 46.0 Å². The molecule has 3 heteroatoms. The molecule has 0 radical (unpaired) electrons. The Bertz CT molecular complexity index is 494. The predicted octanol–water partition coefficient (Wildman–Crippen LogP) is 4.57. The maximum atomic E-state index is 9.54. The number of rotatable bonds is 7. The molecule has 1 aliphatic carbocycles. The molecule has 1 aromatic carbocycles. The number of hydrogen-bond donors (Lipinski definition) is 0. The zero-order valence-electron chi connectivity index (χ0n) is 13.1. The molecule has 2 rings (SSSR count). The summed E-state index contributed by atoms with van der Waals surface area (Å²) in [5.74, 6) is 2.27. The molecular formula is C18H25NO2. The maximum absolute atomic E-state index is 9.54. The number of ether oxygens (including phenoxy) is 2. The molecule has 2 unspecified atom stereocenters. The Morgan fingerprint density at radius 1 is 1.24 bits per heavy atom. The summed E-state index contributed by atoms with van der Waals surface area (Å²) in [5.41, 5.74) is -0.179. The summed E-state index contributed by atoms with van der Waals surface area (Å²) >= 11 is 0. The third-order valence-electron chi connectivity index (χ3n) is 4.51. The molecule has 1 aliphatic rings. The summed E-state index contributed by atoms with van der Waals surface area (Å²) in [7, 11) is 0. The number of nitriles is 1. The minimum absolute atomic E-state index is 0.179. The van der Waals surface area contributed by atoms with E-state index in [2.05, 4.69) is 13.0 Å². The average Bonchev–Trinajstić information content (AvgIpc) is 2.93. The van der Waals surface area contributed by atoms with E-state index in [1.807, 2.05) is 31.2 Å². The monoisotopic (exact) mass is 287 g/mol. The van der Waals surface area contributed by atoms with Crippen LogP contribution in [0, 0.1) is 22.7 Å². The first-order valence-corrected chi connectivity index (χ1v) is 7.99. The van der Waals surface area contributed by atoms with E-state index < -0.39 is 0 Å². The zero-order chi connectivity index (χ0) is 15.1. The number of benzene rings is 1. The Balaban J connectivity index is 1.91. The van der Waals surface area contributed by atoms with Crippen molar-refractivity contribution in [1.29, 1.82) is 5.26 Å². The van der Waals surface area contributed by atoms with Crippen LogP contribution in [0.25, 0.3) is 0 Å². The van der Waals surface area contributed by atoms with Gasteiger partial charge in [0, 0.05) is 6.42 Å². The predicted molar refractivity (Wildman–Crippen MR) is 83.4 cm³/mol. The minimum Gasteiger partial charge on any atom is -0.490 e. The fourth-order valence-electron chi connectivity index (χ4n) is 3.17. The van der Waals surface area contributed by atoms with Crippen LogP contribution >= 0.6 is 0 Å². The molecule has 0 spiro atoms. The van der Waals surface area contributed by atoms with Crippen LogP contribution < -0.4 is 9.47 Å². The van der Waals surface area contributed by atoms with Crippen molar-refractivity contribution in [3.8, 4) is 17.6 Å². The van der Waals surface area contributed by atoms with E-state index in [4.69, 9.17) is 9.47 Å². The topological polar surface area (TPSA) is 42.2 Å². The van der Waals surface area contributed by atoms with E-state index in [1.54, 1.807) is 0 Å². The fourth-order valence-corrected chi connectivity index (χ4v) is 3.17. The van der Waals surface area contributed by atoms with Crippen molar-refractivity contribution in [3.63, 3.8) is 0 Å². The molecule has 2 atom stereocenters. The van der Waals surface area contributed by atoms with Gasteiger partial charge in [-0.1, -0.05) is 25.5 Å². The van der Waals surface area contributed by atoms with Crippen LogP contribution in [-0.4, -0.2) is 13.2 Å². The summed E-state index contributed by atoms with van der Waals surface area (Å²) in [6.45, 7) is 5.38. The second kappa shape index (κ2) is 7.36. The molecule has 3 nitrogen and oxygen atoms in total. The lowest BCUT2D eigenvalue weighted by molar-refractivity contribution is 0.227. The SMILES string of the molecule is CCOc1ccccc1OCCC1(C#N)CCC(CC)C1. The van der Waals surface area contributed by atoms with Gasteiger partial charge in [-0.3, -0.25) is 0 Å². The fraction of sp³-hybridized carbons (Fsp3) is 0.611. The Morgan fingerprint density at radius 2 is 1.95 bits per heavy atom. The lowest BCUT2D eigenvalue weighted by atomic mass is 9.83. The highest BCUT2D eigenvalue weighted by Crippen LogP contribution is 2.45. The van der Waals surface area contributed by atoms with Gasteiger partial charge in [-0.2, -0.15) is 5.26 Å². The Morgan fingerprint density at radius 3 is 2.52 bits per heavy atom. The number of para-hydroxylation sites is 2. The molecule has 1 saturated carbocycles. The standard InChI is InChI=1S/C18H25NO2/c1-3-15-9-10-18(13-15,14-19)11-12-21-17-8-6-5-7-16(17)20-4-2/h5-8,15H,3-4,9-13H2,1-2H3. The smallest absolute Gasteiger partial charge is 0.161 e. The first kappa shape index (κ1) is 15.7. The first-order chi connectivity index (χ1) is 10.2. The highest BCUT2D eigenvalue weighted by Gasteiger charge is 2.38. The first-order valence-electron chi connectivity index (χ1n) is 7.99. The van der Waals surface area contributed by atoms with Gasteiger partial charge in [0.2, 0.25) is 0 Å². The summed E-state index contributed by atoms with van der Waals surface area (Å²) < 4.78 is 11.4. The number of hydrogen-bond acceptors (Lipinski definition) is 3. The van der Waals surface area contributed by atoms with Crippen LogP contribution in [0.5, 0.6) is 11.5 Å². The van der Waals surface area contributed by atoms with Crippen LogP contribution in [0.3, 0.4) is 0 Å². The summed E-state index contributed by atoms with van der Waals surface area (Å²) in [4.78, 5) is 0. The van der Waals surface area contributed by atoms with Crippen LogP contribution in [-0.2, 0) is 0 Å². The third-order valence-corrected chi connectivity index (χ3v) is 4.51. The van der Waals surface area contributed by atoms with Crippen molar-refractivity contribution in [3.05, 3.63) is 24.3 Å². The largest absolute Gasteiger partial charge is 0.490 e. The Hall–Kier alpha value is -1.69. The molecule has 0 amide bonds. The second-order valence-corrected chi connectivity index (χ2v) is 5.89. The van der Waals surface area contributed by atoms with Crippen molar-refractivity contribution >= 4 is 0 Å². The van der Waals surface area contributed by atoms with Crippen LogP contribution in [0.15, 0.2) is 24.3 Å². The molecule has 21 heavy (non-hydrogen) atoms. The van der Waals surface area contributed by atoms with Gasteiger partial charge in [0.15, 0.2) is 11.5 Å². The Kier molecular flexibility index (Phi) is 5.50. The van der Waals surface area contributed by atoms with Gasteiger partial charge in [-0.05, 0) is 44.2 Å². The molecule has 0 bridgehead atoms. The minimum atomic E-state index is -0.179. The van der Waals surface area contributed by atoms with Gasteiger partial charge in [0.25, 0.3) is 0 Å². The lowest BCUT2D eigenvalue weighted by Crippen LogP contribution is -2.18. The lowest BCUT2D eigenvalue weighted by Gasteiger charge is -2.21. The van der Waals surface area contributed by atoms with E-state index in [0.29, 0.717) is 19.1 Å². The normalized spacial score (nSPS) is 24.5. The van der Waals surface area contributed by atoms with E-state index >= 15 is 0 Å². The van der Waals surface area contributed by atoms with Crippen molar-refractivity contribution in [2.24, 2.45) is 11.3 Å². The van der Waals surface area contributed by atoms with Crippen molar-refractivity contribution in [2.75, 3.05) is 13.2 Å². The number of nitrogens with zero attached hydrogens (tertiary/aromatic N) is 1. The molecule has 114 valence electrons. The summed E-state index contributed by atoms with van der Waals surface area (Å²) in [6, 6.07) is 10.3. The molecule has 0 saturated heterocycles. The highest BCUT2D eigenvalue weighted by molar-refractivity contribution is 5.39. The zero-order valence-corrected chi connectivity index (χ0v) is 13.1. The highest BCUT2D eigenvalue weighted by atomic mass is 16.5. The maximum Gasteiger partial charge on any atom is 0.161 e. The third kappa shape index (κ3) is 3.91. The van der Waals surface area contributed by atoms with E-state index in [0.717, 1.165) is 30.8 Å². The van der Waals surface area contributed by atoms with Gasteiger partial charge in [0.1, 0.15) is 0 Å². The molecule has 0 aromatic heterocycles. The molecule has 1 aromatic rings. The van der Waals surface area contributed by atoms with Crippen LogP contribution in [0.2, 0.25) is 0 Å². The van der Waals surface area contributed by atoms with Crippen LogP contribution in [0.4, 0.5) is 0 Å². The van der Waals surface area contributed by atoms with Gasteiger partial charge >= 0.3 is 0 Å². The summed E-state index contributed by atoms with van der Waals surface area (Å²) in [5, 5.41) is 9.54. The van der Waals surface area contributed by atoms with Crippen molar-refractivity contribution in [1.82, 2.24) is 0 Å². The van der Waals surface area contributed by atoms with Gasteiger partial charge in [-0.25, -0.2) is 0 Å². The van der Waals surface area contributed by atoms with Gasteiger partial charge in [-0.15, -0.1) is 0 Å². The van der Waals surface area contributed by atoms with Gasteiger partial charge < -0.3 is 9.47 Å². The van der Waals surface area contributed by atoms with E-state index in [-0.39, 0.29) is 5.41 Å². The Labute approximate surface area is 127 Å². The molecule has 0 aliphatic heterocycles. The van der Waals surface area contributed by atoms with Crippen molar-refractivity contribution < 1.29 is 9.47 Å². The molecule has 0 N–H and O–H groups in total. The quantitative estimate of drug-likeness (QED) is 0.737. The van der Waals surface area contributed by atoms with Crippen molar-refractivity contribution in [2.45, 2.75) is 46.0 Å².